The van der Waals surface area contributed by atoms with Gasteiger partial charge in [-0.05, 0) is 11.6 Å². The summed E-state index contributed by atoms with van der Waals surface area (Å²) in [6.07, 6.45) is -6.17. The maximum absolute atomic E-state index is 10.6. The number of aliphatic hydroxyl groups is 3. The van der Waals surface area contributed by atoms with Crippen LogP contribution in [0, 0.1) is 0 Å². The molecule has 136 valence electrons. The highest BCUT2D eigenvalue weighted by Gasteiger charge is 2.44. The van der Waals surface area contributed by atoms with Gasteiger partial charge < -0.3 is 24.8 Å². The van der Waals surface area contributed by atoms with Crippen molar-refractivity contribution >= 4 is 22.0 Å². The van der Waals surface area contributed by atoms with Crippen LogP contribution in [0.5, 0.6) is 0 Å². The van der Waals surface area contributed by atoms with Gasteiger partial charge in [-0.1, -0.05) is 17.7 Å². The quantitative estimate of drug-likeness (QED) is 0.349. The molecule has 0 saturated carbocycles. The SMILES string of the molecule is O=S(=O)(O)OC[C@H]1O[C@@H](OCc2ccc(Cl)nc2)[C@H](O)[C@@H](O)[C@@H]1O. The Morgan fingerprint density at radius 3 is 2.50 bits per heavy atom. The predicted octanol–water partition coefficient (Wildman–Crippen LogP) is -1.12. The first kappa shape index (κ1) is 19.4. The maximum Gasteiger partial charge on any atom is 0.397 e. The van der Waals surface area contributed by atoms with E-state index in [2.05, 4.69) is 9.17 Å². The van der Waals surface area contributed by atoms with E-state index in [1.165, 1.54) is 12.3 Å². The number of halogens is 1. The van der Waals surface area contributed by atoms with Gasteiger partial charge in [-0.25, -0.2) is 9.17 Å². The average molecular weight is 386 g/mol. The van der Waals surface area contributed by atoms with E-state index in [1.807, 2.05) is 0 Å². The number of ether oxygens (including phenoxy) is 2. The topological polar surface area (TPSA) is 156 Å². The summed E-state index contributed by atoms with van der Waals surface area (Å²) in [5, 5.41) is 29.7. The molecule has 1 aromatic rings. The Hall–Kier alpha value is -0.890. The van der Waals surface area contributed by atoms with Gasteiger partial charge in [0.05, 0.1) is 13.2 Å². The van der Waals surface area contributed by atoms with E-state index in [0.29, 0.717) is 5.56 Å². The average Bonchev–Trinajstić information content (AvgIpc) is 2.52. The molecule has 1 aliphatic heterocycles. The zero-order chi connectivity index (χ0) is 17.9. The van der Waals surface area contributed by atoms with Crippen LogP contribution in [-0.2, 0) is 30.7 Å². The van der Waals surface area contributed by atoms with Gasteiger partial charge in [-0.3, -0.25) is 4.55 Å². The minimum absolute atomic E-state index is 0.0550. The predicted molar refractivity (Wildman–Crippen MR) is 78.2 cm³/mol. The van der Waals surface area contributed by atoms with Crippen molar-refractivity contribution in [2.45, 2.75) is 37.3 Å². The van der Waals surface area contributed by atoms with Crippen LogP contribution in [0.4, 0.5) is 0 Å². The molecule has 0 aliphatic carbocycles. The highest BCUT2D eigenvalue weighted by Crippen LogP contribution is 2.23. The van der Waals surface area contributed by atoms with Crippen molar-refractivity contribution in [3.05, 3.63) is 29.0 Å². The molecule has 2 rings (SSSR count). The normalized spacial score (nSPS) is 31.1. The van der Waals surface area contributed by atoms with E-state index in [1.54, 1.807) is 6.07 Å². The number of rotatable bonds is 6. The minimum Gasteiger partial charge on any atom is -0.387 e. The molecular weight excluding hydrogens is 370 g/mol. The summed E-state index contributed by atoms with van der Waals surface area (Å²) in [5.41, 5.74) is 0.599. The number of hydrogen-bond acceptors (Lipinski definition) is 9. The molecule has 12 heteroatoms. The van der Waals surface area contributed by atoms with Crippen LogP contribution in [0.25, 0.3) is 0 Å². The summed E-state index contributed by atoms with van der Waals surface area (Å²) in [5.74, 6) is 0. The molecule has 24 heavy (non-hydrogen) atoms. The van der Waals surface area contributed by atoms with Crippen LogP contribution in [0.2, 0.25) is 5.15 Å². The number of hydrogen-bond donors (Lipinski definition) is 4. The van der Waals surface area contributed by atoms with Crippen molar-refractivity contribution in [2.24, 2.45) is 0 Å². The van der Waals surface area contributed by atoms with E-state index >= 15 is 0 Å². The van der Waals surface area contributed by atoms with Crippen molar-refractivity contribution in [3.8, 4) is 0 Å². The Balaban J connectivity index is 1.98. The van der Waals surface area contributed by atoms with Crippen LogP contribution in [0.15, 0.2) is 18.3 Å². The van der Waals surface area contributed by atoms with Crippen molar-refractivity contribution in [3.63, 3.8) is 0 Å². The third-order valence-electron chi connectivity index (χ3n) is 3.25. The molecule has 0 unspecified atom stereocenters. The Morgan fingerprint density at radius 1 is 1.21 bits per heavy atom. The molecule has 4 N–H and O–H groups in total. The molecular formula is C12H16ClNO9S. The van der Waals surface area contributed by atoms with Crippen molar-refractivity contribution in [2.75, 3.05) is 6.61 Å². The minimum atomic E-state index is -4.75. The largest absolute Gasteiger partial charge is 0.397 e. The first-order valence-electron chi connectivity index (χ1n) is 6.71. The van der Waals surface area contributed by atoms with Gasteiger partial charge in [-0.2, -0.15) is 8.42 Å². The fourth-order valence-corrected chi connectivity index (χ4v) is 2.43. The van der Waals surface area contributed by atoms with Gasteiger partial charge in [-0.15, -0.1) is 0 Å². The Kier molecular flexibility index (Phi) is 6.47. The highest BCUT2D eigenvalue weighted by molar-refractivity contribution is 7.80. The third kappa shape index (κ3) is 5.31. The fraction of sp³-hybridized carbons (Fsp3) is 0.583. The second kappa shape index (κ2) is 7.99. The molecule has 0 amide bonds. The lowest BCUT2D eigenvalue weighted by Crippen LogP contribution is -2.59. The number of aromatic nitrogens is 1. The molecule has 10 nitrogen and oxygen atoms in total. The summed E-state index contributed by atoms with van der Waals surface area (Å²) in [6.45, 7) is -0.827. The van der Waals surface area contributed by atoms with E-state index in [4.69, 9.17) is 25.6 Å². The monoisotopic (exact) mass is 385 g/mol. The lowest BCUT2D eigenvalue weighted by molar-refractivity contribution is -0.303. The molecule has 1 aliphatic rings. The number of pyridine rings is 1. The fourth-order valence-electron chi connectivity index (χ4n) is 2.02. The summed E-state index contributed by atoms with van der Waals surface area (Å²) >= 11 is 5.65. The first-order valence-corrected chi connectivity index (χ1v) is 8.45. The second-order valence-electron chi connectivity index (χ2n) is 5.03. The van der Waals surface area contributed by atoms with Crippen molar-refractivity contribution in [1.82, 2.24) is 4.98 Å². The molecule has 5 atom stereocenters. The highest BCUT2D eigenvalue weighted by atomic mass is 35.5. The molecule has 2 heterocycles. The second-order valence-corrected chi connectivity index (χ2v) is 6.51. The van der Waals surface area contributed by atoms with Gasteiger partial charge >= 0.3 is 10.4 Å². The molecule has 0 bridgehead atoms. The van der Waals surface area contributed by atoms with Crippen LogP contribution in [0.1, 0.15) is 5.56 Å². The third-order valence-corrected chi connectivity index (χ3v) is 3.91. The van der Waals surface area contributed by atoms with Gasteiger partial charge in [0.2, 0.25) is 0 Å². The van der Waals surface area contributed by atoms with Gasteiger partial charge in [0, 0.05) is 6.20 Å². The van der Waals surface area contributed by atoms with Gasteiger partial charge in [0.25, 0.3) is 0 Å². The molecule has 1 aromatic heterocycles. The summed E-state index contributed by atoms with van der Waals surface area (Å²) in [4.78, 5) is 3.84. The Labute approximate surface area is 142 Å². The van der Waals surface area contributed by atoms with Crippen LogP contribution >= 0.6 is 11.6 Å². The number of aliphatic hydroxyl groups excluding tert-OH is 3. The Bertz CT molecular complexity index is 640. The van der Waals surface area contributed by atoms with Gasteiger partial charge in [0.15, 0.2) is 6.29 Å². The molecule has 0 aromatic carbocycles. The standard InChI is InChI=1S/C12H16ClNO9S/c13-8-2-1-6(3-14-8)4-21-12-11(17)10(16)9(15)7(23-12)5-22-24(18,19)20/h1-3,7,9-12,15-17H,4-5H2,(H,18,19,20)/t7-,9-,10+,11-,12-/m1/s1. The molecule has 0 radical (unpaired) electrons. The van der Waals surface area contributed by atoms with Crippen LogP contribution < -0.4 is 0 Å². The van der Waals surface area contributed by atoms with E-state index in [0.717, 1.165) is 0 Å². The molecule has 1 saturated heterocycles. The molecule has 0 spiro atoms. The van der Waals surface area contributed by atoms with Crippen molar-refractivity contribution < 1.29 is 41.9 Å². The van der Waals surface area contributed by atoms with Crippen molar-refractivity contribution in [1.29, 1.82) is 0 Å². The Morgan fingerprint density at radius 2 is 1.92 bits per heavy atom. The summed E-state index contributed by atoms with van der Waals surface area (Å²) < 4.78 is 44.3. The summed E-state index contributed by atoms with van der Waals surface area (Å²) in [7, 11) is -4.75. The maximum atomic E-state index is 10.6. The lowest BCUT2D eigenvalue weighted by atomic mass is 9.99. The van der Waals surface area contributed by atoms with E-state index in [-0.39, 0.29) is 11.8 Å². The zero-order valence-electron chi connectivity index (χ0n) is 12.1. The molecule has 1 fully saturated rings. The van der Waals surface area contributed by atoms with Gasteiger partial charge in [0.1, 0.15) is 29.6 Å². The van der Waals surface area contributed by atoms with E-state index in [9.17, 15) is 23.7 Å². The smallest absolute Gasteiger partial charge is 0.387 e. The summed E-state index contributed by atoms with van der Waals surface area (Å²) in [6, 6.07) is 3.15. The number of nitrogens with zero attached hydrogens (tertiary/aromatic N) is 1. The lowest BCUT2D eigenvalue weighted by Gasteiger charge is -2.39. The van der Waals surface area contributed by atoms with Crippen LogP contribution in [0.3, 0.4) is 0 Å². The van der Waals surface area contributed by atoms with Crippen LogP contribution in [-0.4, -0.2) is 70.6 Å². The van der Waals surface area contributed by atoms with E-state index < -0.39 is 47.7 Å². The zero-order valence-corrected chi connectivity index (χ0v) is 13.7. The first-order chi connectivity index (χ1) is 11.2.